The van der Waals surface area contributed by atoms with Crippen LogP contribution < -0.4 is 10.6 Å². The molecule has 1 saturated heterocycles. The Labute approximate surface area is 175 Å². The third-order valence-electron chi connectivity index (χ3n) is 3.60. The number of amides is 2. The second kappa shape index (κ2) is 10.4. The number of hydrogen-bond donors (Lipinski definition) is 5. The predicted octanol–water partition coefficient (Wildman–Crippen LogP) is -0.154. The molecule has 12 nitrogen and oxygen atoms in total. The lowest BCUT2D eigenvalue weighted by atomic mass is 9.97. The molecule has 0 radical (unpaired) electrons. The first-order valence-corrected chi connectivity index (χ1v) is 9.40. The van der Waals surface area contributed by atoms with Gasteiger partial charge in [0.15, 0.2) is 6.29 Å². The molecule has 1 fully saturated rings. The fraction of sp³-hybridized carbons (Fsp3) is 0.833. The Morgan fingerprint density at radius 1 is 0.967 bits per heavy atom. The molecule has 30 heavy (non-hydrogen) atoms. The fourth-order valence-electron chi connectivity index (χ4n) is 2.44. The molecule has 5 atom stereocenters. The van der Waals surface area contributed by atoms with Crippen molar-refractivity contribution < 1.29 is 43.9 Å². The van der Waals surface area contributed by atoms with Gasteiger partial charge in [-0.2, -0.15) is 0 Å². The molecule has 0 bridgehead atoms. The highest BCUT2D eigenvalue weighted by atomic mass is 16.7. The lowest BCUT2D eigenvalue weighted by Crippen LogP contribution is -2.59. The Bertz CT molecular complexity index is 593. The number of hydrogen-bond acceptors (Lipinski definition) is 10. The normalized spacial score (nSPS) is 27.1. The lowest BCUT2D eigenvalue weighted by Gasteiger charge is -2.39. The number of aliphatic imine (C=N–C) groups is 1. The topological polar surface area (TPSA) is 168 Å². The third-order valence-corrected chi connectivity index (χ3v) is 3.60. The first-order valence-electron chi connectivity index (χ1n) is 9.40. The van der Waals surface area contributed by atoms with E-state index in [-0.39, 0.29) is 0 Å². The molecule has 12 heteroatoms. The second-order valence-electron chi connectivity index (χ2n) is 8.66. The minimum absolute atomic E-state index is 0.414. The van der Waals surface area contributed by atoms with Gasteiger partial charge < -0.3 is 34.3 Å². The van der Waals surface area contributed by atoms with Crippen molar-refractivity contribution in [1.82, 2.24) is 10.6 Å². The molecule has 1 rings (SSSR count). The van der Waals surface area contributed by atoms with Gasteiger partial charge in [0.05, 0.1) is 6.61 Å². The summed E-state index contributed by atoms with van der Waals surface area (Å²) in [5.74, 6) is -0.414. The summed E-state index contributed by atoms with van der Waals surface area (Å²) in [5, 5.41) is 34.3. The number of aliphatic hydroxyl groups is 3. The van der Waals surface area contributed by atoms with E-state index in [4.69, 9.17) is 18.9 Å². The Morgan fingerprint density at radius 3 is 1.80 bits per heavy atom. The number of carbonyl (C=O) groups is 2. The largest absolute Gasteiger partial charge is 0.444 e. The number of carbonyl (C=O) groups excluding carboxylic acids is 2. The Balaban J connectivity index is 3.15. The van der Waals surface area contributed by atoms with Crippen molar-refractivity contribution in [2.24, 2.45) is 4.99 Å². The van der Waals surface area contributed by atoms with Crippen LogP contribution in [0.15, 0.2) is 4.99 Å². The zero-order valence-electron chi connectivity index (χ0n) is 18.3. The molecular formula is C18H33N3O9. The Hall–Kier alpha value is -1.99. The van der Waals surface area contributed by atoms with Crippen molar-refractivity contribution in [3.63, 3.8) is 0 Å². The van der Waals surface area contributed by atoms with Crippen LogP contribution in [0.1, 0.15) is 41.5 Å². The molecule has 0 aromatic heterocycles. The van der Waals surface area contributed by atoms with Gasteiger partial charge in [-0.15, -0.1) is 0 Å². The summed E-state index contributed by atoms with van der Waals surface area (Å²) >= 11 is 0. The van der Waals surface area contributed by atoms with Gasteiger partial charge in [0.2, 0.25) is 5.96 Å². The predicted molar refractivity (Wildman–Crippen MR) is 105 cm³/mol. The number of rotatable bonds is 3. The maximum Gasteiger partial charge on any atom is 0.414 e. The van der Waals surface area contributed by atoms with Crippen LogP contribution in [-0.2, 0) is 18.9 Å². The number of nitrogens with one attached hydrogen (secondary N) is 2. The molecule has 0 aromatic rings. The van der Waals surface area contributed by atoms with Gasteiger partial charge in [-0.05, 0) is 41.5 Å². The van der Waals surface area contributed by atoms with Crippen LogP contribution in [0.2, 0.25) is 0 Å². The van der Waals surface area contributed by atoms with Crippen LogP contribution in [0, 0.1) is 0 Å². The molecule has 5 unspecified atom stereocenters. The average molecular weight is 435 g/mol. The standard InChI is InChI=1S/C18H33N3O9/c1-17(2,3)29-15(25)20-14(21-16(26)30-18(4,5)6)19-10-12(24)11(23)9(8-22)28-13(10)27-7/h9-13,22-24H,8H2,1-7H3,(H2,19,20,21,25,26). The molecule has 1 heterocycles. The van der Waals surface area contributed by atoms with E-state index in [9.17, 15) is 24.9 Å². The number of alkyl carbamates (subject to hydrolysis) is 2. The van der Waals surface area contributed by atoms with Crippen molar-refractivity contribution in [3.8, 4) is 0 Å². The van der Waals surface area contributed by atoms with Crippen LogP contribution in [0.5, 0.6) is 0 Å². The van der Waals surface area contributed by atoms with Crippen molar-refractivity contribution in [2.45, 2.75) is 83.4 Å². The van der Waals surface area contributed by atoms with Crippen LogP contribution >= 0.6 is 0 Å². The SMILES string of the molecule is COC1OC(CO)C(O)C(O)C1N=C(NC(=O)OC(C)(C)C)NC(=O)OC(C)(C)C. The zero-order valence-corrected chi connectivity index (χ0v) is 18.3. The van der Waals surface area contributed by atoms with E-state index >= 15 is 0 Å². The molecule has 0 aromatic carbocycles. The van der Waals surface area contributed by atoms with Crippen molar-refractivity contribution in [2.75, 3.05) is 13.7 Å². The minimum Gasteiger partial charge on any atom is -0.444 e. The summed E-state index contributed by atoms with van der Waals surface area (Å²) in [6, 6.07) is -1.26. The second-order valence-corrected chi connectivity index (χ2v) is 8.66. The molecule has 0 saturated carbocycles. The molecule has 174 valence electrons. The summed E-state index contributed by atoms with van der Waals surface area (Å²) in [5.41, 5.74) is -1.65. The van der Waals surface area contributed by atoms with Crippen LogP contribution in [0.3, 0.4) is 0 Å². The summed E-state index contributed by atoms with van der Waals surface area (Å²) < 4.78 is 20.8. The van der Waals surface area contributed by atoms with E-state index in [0.29, 0.717) is 0 Å². The summed E-state index contributed by atoms with van der Waals surface area (Å²) in [4.78, 5) is 28.4. The van der Waals surface area contributed by atoms with Gasteiger partial charge in [0.1, 0.15) is 35.6 Å². The van der Waals surface area contributed by atoms with Gasteiger partial charge in [-0.3, -0.25) is 10.6 Å². The number of methoxy groups -OCH3 is 1. The first-order chi connectivity index (χ1) is 13.7. The van der Waals surface area contributed by atoms with Crippen molar-refractivity contribution in [1.29, 1.82) is 0 Å². The van der Waals surface area contributed by atoms with E-state index in [1.165, 1.54) is 7.11 Å². The van der Waals surface area contributed by atoms with Crippen molar-refractivity contribution >= 4 is 18.1 Å². The third kappa shape index (κ3) is 8.40. The highest BCUT2D eigenvalue weighted by Gasteiger charge is 2.45. The highest BCUT2D eigenvalue weighted by molar-refractivity contribution is 6.01. The van der Waals surface area contributed by atoms with Gasteiger partial charge >= 0.3 is 12.2 Å². The van der Waals surface area contributed by atoms with Crippen LogP contribution in [0.25, 0.3) is 0 Å². The Kier molecular flexibility index (Phi) is 8.99. The van der Waals surface area contributed by atoms with Gasteiger partial charge in [-0.25, -0.2) is 14.6 Å². The highest BCUT2D eigenvalue weighted by Crippen LogP contribution is 2.24. The van der Waals surface area contributed by atoms with Gasteiger partial charge in [0.25, 0.3) is 0 Å². The molecule has 1 aliphatic rings. The maximum absolute atomic E-state index is 12.2. The summed E-state index contributed by atoms with van der Waals surface area (Å²) in [6.07, 6.45) is -7.15. The monoisotopic (exact) mass is 435 g/mol. The number of nitrogens with zero attached hydrogens (tertiary/aromatic N) is 1. The van der Waals surface area contributed by atoms with Crippen LogP contribution in [0.4, 0.5) is 9.59 Å². The summed E-state index contributed by atoms with van der Waals surface area (Å²) in [6.45, 7) is 9.33. The summed E-state index contributed by atoms with van der Waals surface area (Å²) in [7, 11) is 1.27. The van der Waals surface area contributed by atoms with Gasteiger partial charge in [-0.1, -0.05) is 0 Å². The number of guanidine groups is 1. The zero-order chi connectivity index (χ0) is 23.3. The molecule has 5 N–H and O–H groups in total. The smallest absolute Gasteiger partial charge is 0.414 e. The average Bonchev–Trinajstić information content (AvgIpc) is 2.55. The van der Waals surface area contributed by atoms with E-state index < -0.39 is 66.6 Å². The molecule has 0 spiro atoms. The first kappa shape index (κ1) is 26.0. The quantitative estimate of drug-likeness (QED) is 0.299. The molecule has 0 aliphatic carbocycles. The van der Waals surface area contributed by atoms with Gasteiger partial charge in [0, 0.05) is 7.11 Å². The number of aliphatic hydroxyl groups excluding tert-OH is 3. The molecule has 2 amide bonds. The fourth-order valence-corrected chi connectivity index (χ4v) is 2.44. The van der Waals surface area contributed by atoms with E-state index in [2.05, 4.69) is 15.6 Å². The van der Waals surface area contributed by atoms with Crippen LogP contribution in [-0.4, -0.2) is 89.0 Å². The Morgan fingerprint density at radius 2 is 1.43 bits per heavy atom. The maximum atomic E-state index is 12.2. The lowest BCUT2D eigenvalue weighted by molar-refractivity contribution is -0.257. The molecular weight excluding hydrogens is 402 g/mol. The minimum atomic E-state index is -1.53. The molecule has 1 aliphatic heterocycles. The van der Waals surface area contributed by atoms with E-state index in [0.717, 1.165) is 0 Å². The number of ether oxygens (including phenoxy) is 4. The van der Waals surface area contributed by atoms with E-state index in [1.54, 1.807) is 41.5 Å². The van der Waals surface area contributed by atoms with E-state index in [1.807, 2.05) is 0 Å². The van der Waals surface area contributed by atoms with Crippen molar-refractivity contribution in [3.05, 3.63) is 0 Å².